The Kier molecular flexibility index (Phi) is 6.66. The molecule has 3 aromatic carbocycles. The van der Waals surface area contributed by atoms with Crippen molar-refractivity contribution in [3.05, 3.63) is 95.6 Å². The van der Waals surface area contributed by atoms with Crippen LogP contribution in [0.25, 0.3) is 10.9 Å². The minimum absolute atomic E-state index is 0.106. The molecule has 4 rings (SSSR count). The number of para-hydroxylation sites is 1. The minimum atomic E-state index is -0.106. The van der Waals surface area contributed by atoms with Gasteiger partial charge in [-0.25, -0.2) is 4.98 Å². The Morgan fingerprint density at radius 1 is 0.969 bits per heavy atom. The molecule has 0 fully saturated rings. The molecule has 0 aliphatic heterocycles. The predicted octanol–water partition coefficient (Wildman–Crippen LogP) is 5.66. The molecule has 162 valence electrons. The fourth-order valence-electron chi connectivity index (χ4n) is 3.55. The third-order valence-electron chi connectivity index (χ3n) is 5.22. The molecule has 4 aromatic rings. The number of aromatic nitrogens is 1. The van der Waals surface area contributed by atoms with E-state index >= 15 is 0 Å². The number of rotatable bonds is 8. The van der Waals surface area contributed by atoms with Crippen molar-refractivity contribution in [1.29, 1.82) is 0 Å². The van der Waals surface area contributed by atoms with Crippen LogP contribution in [0.4, 0.5) is 11.5 Å². The number of amides is 1. The molecule has 0 spiro atoms. The topological polar surface area (TPSA) is 63.2 Å². The molecule has 0 bridgehead atoms. The van der Waals surface area contributed by atoms with Crippen molar-refractivity contribution in [3.8, 4) is 5.75 Å². The summed E-state index contributed by atoms with van der Waals surface area (Å²) >= 11 is 0. The van der Waals surface area contributed by atoms with E-state index < -0.39 is 0 Å². The van der Waals surface area contributed by atoms with Gasteiger partial charge in [0.05, 0.1) is 17.7 Å². The number of benzene rings is 3. The molecule has 0 saturated heterocycles. The average Bonchev–Trinajstić information content (AvgIpc) is 2.81. The third kappa shape index (κ3) is 5.24. The van der Waals surface area contributed by atoms with Crippen molar-refractivity contribution in [3.63, 3.8) is 0 Å². The van der Waals surface area contributed by atoms with Crippen molar-refractivity contribution < 1.29 is 9.53 Å². The van der Waals surface area contributed by atoms with Gasteiger partial charge in [-0.1, -0.05) is 48.0 Å². The molecule has 0 saturated carbocycles. The van der Waals surface area contributed by atoms with Gasteiger partial charge < -0.3 is 15.4 Å². The SMILES string of the molecule is CCOc1ccc(Nc2cc(C(=O)NCCc3ccc(C)cc3)c3ccccc3n2)cc1. The van der Waals surface area contributed by atoms with Crippen LogP contribution in [-0.4, -0.2) is 24.0 Å². The summed E-state index contributed by atoms with van der Waals surface area (Å²) in [6.07, 6.45) is 0.784. The van der Waals surface area contributed by atoms with Gasteiger partial charge in [0.2, 0.25) is 0 Å². The molecule has 5 heteroatoms. The molecule has 0 aliphatic carbocycles. The van der Waals surface area contributed by atoms with E-state index in [2.05, 4.69) is 46.8 Å². The summed E-state index contributed by atoms with van der Waals surface area (Å²) in [5.41, 5.74) is 4.68. The third-order valence-corrected chi connectivity index (χ3v) is 5.22. The van der Waals surface area contributed by atoms with Crippen molar-refractivity contribution >= 4 is 28.3 Å². The van der Waals surface area contributed by atoms with Gasteiger partial charge in [0.25, 0.3) is 5.91 Å². The number of aryl methyl sites for hydroxylation is 1. The Morgan fingerprint density at radius 2 is 1.72 bits per heavy atom. The van der Waals surface area contributed by atoms with Crippen LogP contribution in [0.15, 0.2) is 78.9 Å². The van der Waals surface area contributed by atoms with E-state index in [4.69, 9.17) is 4.74 Å². The number of fused-ring (bicyclic) bond motifs is 1. The number of hydrogen-bond donors (Lipinski definition) is 2. The Labute approximate surface area is 188 Å². The summed E-state index contributed by atoms with van der Waals surface area (Å²) in [4.78, 5) is 17.7. The number of carbonyl (C=O) groups is 1. The summed E-state index contributed by atoms with van der Waals surface area (Å²) in [5, 5.41) is 7.19. The van der Waals surface area contributed by atoms with E-state index in [1.54, 1.807) is 6.07 Å². The van der Waals surface area contributed by atoms with Gasteiger partial charge in [-0.2, -0.15) is 0 Å². The molecule has 2 N–H and O–H groups in total. The molecule has 5 nitrogen and oxygen atoms in total. The zero-order valence-corrected chi connectivity index (χ0v) is 18.4. The first kappa shape index (κ1) is 21.4. The van der Waals surface area contributed by atoms with E-state index in [-0.39, 0.29) is 5.91 Å². The largest absolute Gasteiger partial charge is 0.494 e. The van der Waals surface area contributed by atoms with Crippen LogP contribution < -0.4 is 15.4 Å². The van der Waals surface area contributed by atoms with Crippen LogP contribution in [0.3, 0.4) is 0 Å². The predicted molar refractivity (Wildman–Crippen MR) is 130 cm³/mol. The normalized spacial score (nSPS) is 10.7. The highest BCUT2D eigenvalue weighted by Gasteiger charge is 2.13. The molecular weight excluding hydrogens is 398 g/mol. The highest BCUT2D eigenvalue weighted by atomic mass is 16.5. The van der Waals surface area contributed by atoms with E-state index in [0.29, 0.717) is 24.5 Å². The van der Waals surface area contributed by atoms with E-state index in [1.165, 1.54) is 11.1 Å². The molecule has 1 heterocycles. The van der Waals surface area contributed by atoms with Gasteiger partial charge in [0.1, 0.15) is 11.6 Å². The summed E-state index contributed by atoms with van der Waals surface area (Å²) in [5.74, 6) is 1.33. The second-order valence-electron chi connectivity index (χ2n) is 7.65. The first-order valence-electron chi connectivity index (χ1n) is 10.9. The number of carbonyl (C=O) groups excluding carboxylic acids is 1. The minimum Gasteiger partial charge on any atom is -0.494 e. The number of nitrogens with one attached hydrogen (secondary N) is 2. The smallest absolute Gasteiger partial charge is 0.252 e. The number of pyridine rings is 1. The lowest BCUT2D eigenvalue weighted by molar-refractivity contribution is 0.0955. The van der Waals surface area contributed by atoms with Crippen LogP contribution in [0.1, 0.15) is 28.4 Å². The lowest BCUT2D eigenvalue weighted by Gasteiger charge is -2.12. The highest BCUT2D eigenvalue weighted by Crippen LogP contribution is 2.24. The van der Waals surface area contributed by atoms with Gasteiger partial charge in [0, 0.05) is 17.6 Å². The van der Waals surface area contributed by atoms with Gasteiger partial charge in [0.15, 0.2) is 0 Å². The Morgan fingerprint density at radius 3 is 2.47 bits per heavy atom. The van der Waals surface area contributed by atoms with E-state index in [9.17, 15) is 4.79 Å². The maximum absolute atomic E-state index is 13.0. The summed E-state index contributed by atoms with van der Waals surface area (Å²) < 4.78 is 5.50. The number of nitrogens with zero attached hydrogens (tertiary/aromatic N) is 1. The summed E-state index contributed by atoms with van der Waals surface area (Å²) in [7, 11) is 0. The molecule has 1 aromatic heterocycles. The zero-order valence-electron chi connectivity index (χ0n) is 18.4. The van der Waals surface area contributed by atoms with E-state index in [0.717, 1.165) is 28.8 Å². The number of ether oxygens (including phenoxy) is 1. The number of hydrogen-bond acceptors (Lipinski definition) is 4. The Hall–Kier alpha value is -3.86. The fraction of sp³-hybridized carbons (Fsp3) is 0.185. The molecular formula is C27H27N3O2. The maximum Gasteiger partial charge on any atom is 0.252 e. The fourth-order valence-corrected chi connectivity index (χ4v) is 3.55. The zero-order chi connectivity index (χ0) is 22.3. The van der Waals surface area contributed by atoms with Gasteiger partial charge >= 0.3 is 0 Å². The second-order valence-corrected chi connectivity index (χ2v) is 7.65. The molecule has 1 amide bonds. The second kappa shape index (κ2) is 9.96. The molecule has 0 unspecified atom stereocenters. The Balaban J connectivity index is 1.52. The standard InChI is InChI=1S/C27H27N3O2/c1-3-32-22-14-12-21(13-15-22)29-26-18-24(23-6-4-5-7-25(23)30-26)27(31)28-17-16-20-10-8-19(2)9-11-20/h4-15,18H,3,16-17H2,1-2H3,(H,28,31)(H,29,30). The van der Waals surface area contributed by atoms with Crippen LogP contribution in [-0.2, 0) is 6.42 Å². The van der Waals surface area contributed by atoms with Crippen LogP contribution in [0.2, 0.25) is 0 Å². The Bertz CT molecular complexity index is 1200. The van der Waals surface area contributed by atoms with Gasteiger partial charge in [-0.15, -0.1) is 0 Å². The van der Waals surface area contributed by atoms with Gasteiger partial charge in [-0.05, 0) is 62.2 Å². The number of anilines is 2. The lowest BCUT2D eigenvalue weighted by Crippen LogP contribution is -2.26. The first-order valence-corrected chi connectivity index (χ1v) is 10.9. The van der Waals surface area contributed by atoms with Crippen molar-refractivity contribution in [2.45, 2.75) is 20.3 Å². The molecule has 0 atom stereocenters. The van der Waals surface area contributed by atoms with Crippen molar-refractivity contribution in [2.24, 2.45) is 0 Å². The maximum atomic E-state index is 13.0. The van der Waals surface area contributed by atoms with Crippen LogP contribution >= 0.6 is 0 Å². The molecule has 0 aliphatic rings. The van der Waals surface area contributed by atoms with Crippen LogP contribution in [0, 0.1) is 6.92 Å². The average molecular weight is 426 g/mol. The van der Waals surface area contributed by atoms with Crippen molar-refractivity contribution in [2.75, 3.05) is 18.5 Å². The highest BCUT2D eigenvalue weighted by molar-refractivity contribution is 6.07. The van der Waals surface area contributed by atoms with E-state index in [1.807, 2.05) is 55.5 Å². The van der Waals surface area contributed by atoms with Crippen LogP contribution in [0.5, 0.6) is 5.75 Å². The monoisotopic (exact) mass is 425 g/mol. The molecule has 32 heavy (non-hydrogen) atoms. The van der Waals surface area contributed by atoms with Crippen molar-refractivity contribution in [1.82, 2.24) is 10.3 Å². The molecule has 0 radical (unpaired) electrons. The van der Waals surface area contributed by atoms with Gasteiger partial charge in [-0.3, -0.25) is 4.79 Å². The summed E-state index contributed by atoms with van der Waals surface area (Å²) in [6.45, 7) is 5.22. The first-order chi connectivity index (χ1) is 15.6. The quantitative estimate of drug-likeness (QED) is 0.382. The lowest BCUT2D eigenvalue weighted by atomic mass is 10.1. The summed E-state index contributed by atoms with van der Waals surface area (Å²) in [6, 6.07) is 25.6.